The molecule has 2 aromatic carbocycles. The van der Waals surface area contributed by atoms with Crippen molar-refractivity contribution in [3.63, 3.8) is 0 Å². The van der Waals surface area contributed by atoms with E-state index in [1.165, 1.54) is 43.7 Å². The number of benzene rings is 2. The molecule has 2 saturated heterocycles. The van der Waals surface area contributed by atoms with Crippen LogP contribution in [-0.2, 0) is 21.0 Å². The van der Waals surface area contributed by atoms with Crippen LogP contribution in [0.3, 0.4) is 0 Å². The summed E-state index contributed by atoms with van der Waals surface area (Å²) in [7, 11) is -1.90. The number of fused-ring (bicyclic) bond motifs is 1. The molecule has 3 heterocycles. The lowest BCUT2D eigenvalue weighted by atomic mass is 9.75. The second-order valence-electron chi connectivity index (χ2n) is 12.0. The first-order valence-corrected chi connectivity index (χ1v) is 17.4. The molecule has 0 radical (unpaired) electrons. The average Bonchev–Trinajstić information content (AvgIpc) is 3.27. The van der Waals surface area contributed by atoms with Crippen molar-refractivity contribution < 1.29 is 26.7 Å². The van der Waals surface area contributed by atoms with Gasteiger partial charge in [0.15, 0.2) is 9.84 Å². The molecule has 7 nitrogen and oxygen atoms in total. The van der Waals surface area contributed by atoms with Crippen LogP contribution in [0.5, 0.6) is 5.75 Å². The van der Waals surface area contributed by atoms with Crippen molar-refractivity contribution in [2.24, 2.45) is 5.41 Å². The third kappa shape index (κ3) is 6.48. The highest BCUT2D eigenvalue weighted by molar-refractivity contribution is 7.90. The van der Waals surface area contributed by atoms with Crippen molar-refractivity contribution in [3.05, 3.63) is 46.8 Å². The minimum Gasteiger partial charge on any atom is -0.495 e. The van der Waals surface area contributed by atoms with Gasteiger partial charge in [0, 0.05) is 49.3 Å². The number of hydrogen-bond donors (Lipinski definition) is 2. The zero-order valence-electron chi connectivity index (χ0n) is 24.4. The largest absolute Gasteiger partial charge is 0.495 e. The summed E-state index contributed by atoms with van der Waals surface area (Å²) >= 11 is 1.46. The molecule has 1 spiro atoms. The number of nitrogens with one attached hydrogen (secondary N) is 2. The Hall–Kier alpha value is -2.91. The van der Waals surface area contributed by atoms with Gasteiger partial charge in [-0.2, -0.15) is 0 Å². The average molecular weight is 630 g/mol. The normalized spacial score (nSPS) is 21.6. The highest BCUT2D eigenvalue weighted by atomic mass is 32.2. The molecule has 0 atom stereocenters. The van der Waals surface area contributed by atoms with Crippen LogP contribution in [0.1, 0.15) is 36.1 Å². The Morgan fingerprint density at radius 3 is 2.56 bits per heavy atom. The van der Waals surface area contributed by atoms with Crippen molar-refractivity contribution in [2.45, 2.75) is 55.5 Å². The molecule has 230 valence electrons. The molecule has 6 rings (SSSR count). The SMILES string of the molecule is COc1cc(S(C)(=O)=O)ccc1NCC#Cc1sc2c(NC3CCC(N4CC5(COC5)C4)CC3)cccc2c1CC(F)F. The van der Waals surface area contributed by atoms with Crippen LogP contribution >= 0.6 is 11.3 Å². The summed E-state index contributed by atoms with van der Waals surface area (Å²) in [6.07, 6.45) is 2.81. The van der Waals surface area contributed by atoms with Gasteiger partial charge in [-0.15, -0.1) is 11.3 Å². The fourth-order valence-corrected chi connectivity index (χ4v) is 8.32. The molecule has 1 aromatic heterocycles. The fourth-order valence-electron chi connectivity index (χ4n) is 6.51. The second kappa shape index (κ2) is 12.2. The highest BCUT2D eigenvalue weighted by Crippen LogP contribution is 2.42. The number of likely N-dealkylation sites (tertiary alicyclic amines) is 1. The van der Waals surface area contributed by atoms with Crippen molar-refractivity contribution in [3.8, 4) is 17.6 Å². The molecule has 3 aromatic rings. The van der Waals surface area contributed by atoms with E-state index < -0.39 is 16.3 Å². The van der Waals surface area contributed by atoms with Crippen molar-refractivity contribution >= 4 is 42.6 Å². The lowest BCUT2D eigenvalue weighted by Crippen LogP contribution is -2.68. The molecular weight excluding hydrogens is 592 g/mol. The topological polar surface area (TPSA) is 79.9 Å². The number of hydrogen-bond acceptors (Lipinski definition) is 8. The lowest BCUT2D eigenvalue weighted by molar-refractivity contribution is -0.200. The molecule has 3 fully saturated rings. The number of thiophene rings is 1. The Morgan fingerprint density at radius 2 is 1.91 bits per heavy atom. The number of alkyl halides is 2. The molecule has 2 N–H and O–H groups in total. The van der Waals surface area contributed by atoms with Crippen LogP contribution in [0.25, 0.3) is 10.1 Å². The third-order valence-electron chi connectivity index (χ3n) is 8.81. The predicted octanol–water partition coefficient (Wildman–Crippen LogP) is 5.64. The molecule has 2 aliphatic heterocycles. The molecule has 1 aliphatic carbocycles. The van der Waals surface area contributed by atoms with Gasteiger partial charge in [-0.3, -0.25) is 4.90 Å². The van der Waals surface area contributed by atoms with Crippen molar-refractivity contribution in [1.29, 1.82) is 0 Å². The monoisotopic (exact) mass is 629 g/mol. The van der Waals surface area contributed by atoms with Crippen LogP contribution in [-0.4, -0.2) is 78.0 Å². The van der Waals surface area contributed by atoms with Crippen molar-refractivity contribution in [2.75, 3.05) is 56.8 Å². The first-order valence-electron chi connectivity index (χ1n) is 14.7. The molecule has 0 amide bonds. The van der Waals surface area contributed by atoms with Gasteiger partial charge in [0.05, 0.1) is 52.7 Å². The summed E-state index contributed by atoms with van der Waals surface area (Å²) in [6, 6.07) is 11.5. The summed E-state index contributed by atoms with van der Waals surface area (Å²) in [4.78, 5) is 3.42. The zero-order chi connectivity index (χ0) is 30.2. The molecule has 1 saturated carbocycles. The van der Waals surface area contributed by atoms with E-state index in [0.29, 0.717) is 39.4 Å². The Kier molecular flexibility index (Phi) is 8.57. The van der Waals surface area contributed by atoms with Crippen LogP contribution < -0.4 is 15.4 Å². The highest BCUT2D eigenvalue weighted by Gasteiger charge is 2.50. The number of methoxy groups -OCH3 is 1. The number of anilines is 2. The molecule has 0 unspecified atom stereocenters. The first-order chi connectivity index (χ1) is 20.6. The minimum atomic E-state index is -3.37. The second-order valence-corrected chi connectivity index (χ2v) is 15.1. The predicted molar refractivity (Wildman–Crippen MR) is 167 cm³/mol. The van der Waals surface area contributed by atoms with Crippen LogP contribution in [0.2, 0.25) is 0 Å². The van der Waals surface area contributed by atoms with Crippen LogP contribution in [0, 0.1) is 17.3 Å². The first kappa shape index (κ1) is 30.1. The Balaban J connectivity index is 1.14. The molecule has 43 heavy (non-hydrogen) atoms. The maximum atomic E-state index is 13.7. The fraction of sp³-hybridized carbons (Fsp3) is 0.500. The molecule has 11 heteroatoms. The maximum absolute atomic E-state index is 13.7. The van der Waals surface area contributed by atoms with Gasteiger partial charge in [-0.25, -0.2) is 17.2 Å². The smallest absolute Gasteiger partial charge is 0.242 e. The number of sulfone groups is 1. The summed E-state index contributed by atoms with van der Waals surface area (Å²) in [6.45, 7) is 4.39. The van der Waals surface area contributed by atoms with Gasteiger partial charge in [0.1, 0.15) is 5.75 Å². The molecule has 3 aliphatic rings. The standard InChI is InChI=1S/C32H37F2N3O4S2/c1-40-28-15-23(43(2,38)39)12-13-26(28)35-14-4-7-29-25(16-30(33)34)24-5-3-6-27(31(24)42-29)36-21-8-10-22(11-9-21)37-17-32(18-37)19-41-20-32/h3,5-6,12-13,15,21-22,30,35-36H,8-11,14,16-20H2,1-2H3. The molecule has 0 bridgehead atoms. The van der Waals surface area contributed by atoms with Gasteiger partial charge in [-0.1, -0.05) is 24.0 Å². The van der Waals surface area contributed by atoms with E-state index in [4.69, 9.17) is 9.47 Å². The number of ether oxygens (including phenoxy) is 2. The van der Waals surface area contributed by atoms with Crippen LogP contribution in [0.15, 0.2) is 41.3 Å². The Labute approximate surface area is 255 Å². The summed E-state index contributed by atoms with van der Waals surface area (Å²) in [5, 5.41) is 7.71. The third-order valence-corrected chi connectivity index (χ3v) is 11.1. The van der Waals surface area contributed by atoms with E-state index in [9.17, 15) is 17.2 Å². The van der Waals surface area contributed by atoms with E-state index in [0.717, 1.165) is 60.9 Å². The number of rotatable bonds is 9. The van der Waals surface area contributed by atoms with E-state index >= 15 is 0 Å². The van der Waals surface area contributed by atoms with Gasteiger partial charge in [0.25, 0.3) is 0 Å². The summed E-state index contributed by atoms with van der Waals surface area (Å²) in [5.74, 6) is 6.57. The zero-order valence-corrected chi connectivity index (χ0v) is 26.1. The number of halogens is 2. The van der Waals surface area contributed by atoms with E-state index in [1.54, 1.807) is 6.07 Å². The van der Waals surface area contributed by atoms with E-state index in [2.05, 4.69) is 27.4 Å². The summed E-state index contributed by atoms with van der Waals surface area (Å²) in [5.41, 5.74) is 2.60. The lowest BCUT2D eigenvalue weighted by Gasteiger charge is -2.58. The summed E-state index contributed by atoms with van der Waals surface area (Å²) < 4.78 is 62.8. The Bertz CT molecular complexity index is 1640. The van der Waals surface area contributed by atoms with Crippen molar-refractivity contribution in [1.82, 2.24) is 4.90 Å². The minimum absolute atomic E-state index is 0.161. The van der Waals surface area contributed by atoms with Gasteiger partial charge in [0.2, 0.25) is 6.43 Å². The van der Waals surface area contributed by atoms with Gasteiger partial charge < -0.3 is 20.1 Å². The van der Waals surface area contributed by atoms with E-state index in [1.807, 2.05) is 18.2 Å². The number of nitrogens with zero attached hydrogens (tertiary/aromatic N) is 1. The molecular formula is C32H37F2N3O4S2. The Morgan fingerprint density at radius 1 is 1.14 bits per heavy atom. The van der Waals surface area contributed by atoms with Gasteiger partial charge in [-0.05, 0) is 54.8 Å². The van der Waals surface area contributed by atoms with E-state index in [-0.39, 0.29) is 17.9 Å². The van der Waals surface area contributed by atoms with Gasteiger partial charge >= 0.3 is 0 Å². The quantitative estimate of drug-likeness (QED) is 0.297. The maximum Gasteiger partial charge on any atom is 0.242 e. The van der Waals surface area contributed by atoms with Crippen LogP contribution in [0.4, 0.5) is 20.2 Å².